The first kappa shape index (κ1) is 15.9. The minimum Gasteiger partial charge on any atom is -0.365 e. The highest BCUT2D eigenvalue weighted by atomic mass is 19.1. The van der Waals surface area contributed by atoms with E-state index in [2.05, 4.69) is 5.32 Å². The Morgan fingerprint density at radius 1 is 1.41 bits per heavy atom. The fourth-order valence-corrected chi connectivity index (χ4v) is 2.34. The molecule has 1 aromatic carbocycles. The lowest BCUT2D eigenvalue weighted by Crippen LogP contribution is -2.42. The molecule has 1 aromatic rings. The van der Waals surface area contributed by atoms with Crippen molar-refractivity contribution >= 4 is 17.4 Å². The van der Waals surface area contributed by atoms with Gasteiger partial charge >= 0.3 is 6.03 Å². The van der Waals surface area contributed by atoms with Crippen LogP contribution in [-0.2, 0) is 0 Å². The first-order chi connectivity index (χ1) is 10.3. The zero-order valence-electron chi connectivity index (χ0n) is 12.2. The largest absolute Gasteiger partial charge is 0.365 e. The predicted molar refractivity (Wildman–Crippen MR) is 75.8 cm³/mol. The molecule has 0 saturated carbocycles. The average Bonchev–Trinajstić information content (AvgIpc) is 2.85. The Kier molecular flexibility index (Phi) is 4.43. The molecule has 0 radical (unpaired) electrons. The number of urea groups is 1. The van der Waals surface area contributed by atoms with Crippen LogP contribution in [0.2, 0.25) is 0 Å². The Morgan fingerprint density at radius 2 is 2.00 bits per heavy atom. The summed E-state index contributed by atoms with van der Waals surface area (Å²) in [5.41, 5.74) is -0.928. The second kappa shape index (κ2) is 6.12. The van der Waals surface area contributed by atoms with Crippen LogP contribution in [0, 0.1) is 21.7 Å². The summed E-state index contributed by atoms with van der Waals surface area (Å²) in [5, 5.41) is 13.3. The third-order valence-electron chi connectivity index (χ3n) is 3.45. The number of nitrogens with one attached hydrogen (secondary N) is 1. The molecule has 1 heterocycles. The topological polar surface area (TPSA) is 78.7 Å². The van der Waals surface area contributed by atoms with Crippen molar-refractivity contribution in [1.29, 1.82) is 0 Å². The van der Waals surface area contributed by atoms with E-state index in [1.54, 1.807) is 14.1 Å². The van der Waals surface area contributed by atoms with E-state index in [0.29, 0.717) is 25.1 Å². The number of halogens is 2. The molecule has 1 fully saturated rings. The van der Waals surface area contributed by atoms with Crippen molar-refractivity contribution in [3.05, 3.63) is 33.9 Å². The van der Waals surface area contributed by atoms with Crippen LogP contribution in [0.15, 0.2) is 12.1 Å². The predicted octanol–water partition coefficient (Wildman–Crippen LogP) is 1.72. The number of hydrogen-bond donors (Lipinski definition) is 1. The molecule has 7 nitrogen and oxygen atoms in total. The lowest BCUT2D eigenvalue weighted by atomic mass is 10.2. The van der Waals surface area contributed by atoms with Crippen molar-refractivity contribution < 1.29 is 18.5 Å². The van der Waals surface area contributed by atoms with Crippen molar-refractivity contribution in [2.24, 2.45) is 0 Å². The van der Waals surface area contributed by atoms with Crippen molar-refractivity contribution in [3.63, 3.8) is 0 Å². The third-order valence-corrected chi connectivity index (χ3v) is 3.45. The van der Waals surface area contributed by atoms with Crippen molar-refractivity contribution in [3.8, 4) is 0 Å². The van der Waals surface area contributed by atoms with E-state index in [0.717, 1.165) is 0 Å². The van der Waals surface area contributed by atoms with E-state index >= 15 is 0 Å². The van der Waals surface area contributed by atoms with E-state index in [4.69, 9.17) is 0 Å². The Labute approximate surface area is 125 Å². The summed E-state index contributed by atoms with van der Waals surface area (Å²) in [6.45, 7) is 0.593. The van der Waals surface area contributed by atoms with Crippen molar-refractivity contribution in [2.45, 2.75) is 12.5 Å². The van der Waals surface area contributed by atoms with Crippen LogP contribution in [0.25, 0.3) is 0 Å². The number of carbonyl (C=O) groups excluding carboxylic acids is 1. The minimum absolute atomic E-state index is 0.233. The molecular weight excluding hydrogens is 298 g/mol. The summed E-state index contributed by atoms with van der Waals surface area (Å²) in [5.74, 6) is -1.96. The van der Waals surface area contributed by atoms with Gasteiger partial charge in [0.25, 0.3) is 5.69 Å². The molecule has 1 saturated heterocycles. The Hall–Kier alpha value is -2.45. The van der Waals surface area contributed by atoms with Crippen LogP contribution in [0.4, 0.5) is 25.0 Å². The molecule has 0 aromatic heterocycles. The molecule has 22 heavy (non-hydrogen) atoms. The maximum Gasteiger partial charge on any atom is 0.317 e. The van der Waals surface area contributed by atoms with E-state index in [1.807, 2.05) is 0 Å². The molecule has 0 aliphatic carbocycles. The molecular formula is C13H16F2N4O3. The third kappa shape index (κ3) is 3.23. The Bertz CT molecular complexity index is 586. The SMILES string of the molecule is CN(C)C(=O)NC1CCN(c2c(F)cc([N+](=O)[O-])cc2F)C1. The zero-order chi connectivity index (χ0) is 16.4. The molecule has 2 amide bonds. The van der Waals surface area contributed by atoms with Gasteiger partial charge in [0.1, 0.15) is 5.69 Å². The summed E-state index contributed by atoms with van der Waals surface area (Å²) in [4.78, 5) is 24.1. The van der Waals surface area contributed by atoms with Gasteiger partial charge in [-0.05, 0) is 6.42 Å². The second-order valence-electron chi connectivity index (χ2n) is 5.29. The molecule has 9 heteroatoms. The van der Waals surface area contributed by atoms with Crippen LogP contribution < -0.4 is 10.2 Å². The van der Waals surface area contributed by atoms with Gasteiger partial charge in [-0.15, -0.1) is 0 Å². The highest BCUT2D eigenvalue weighted by Gasteiger charge is 2.29. The minimum atomic E-state index is -0.980. The fraction of sp³-hybridized carbons (Fsp3) is 0.462. The number of nitro benzene ring substituents is 1. The molecule has 1 N–H and O–H groups in total. The van der Waals surface area contributed by atoms with Crippen LogP contribution in [-0.4, -0.2) is 49.1 Å². The standard InChI is InChI=1S/C13H16F2N4O3/c1-17(2)13(20)16-8-3-4-18(7-8)12-10(14)5-9(19(21)22)6-11(12)15/h5-6,8H,3-4,7H2,1-2H3,(H,16,20). The van der Waals surface area contributed by atoms with Gasteiger partial charge in [0.05, 0.1) is 17.1 Å². The lowest BCUT2D eigenvalue weighted by molar-refractivity contribution is -0.385. The van der Waals surface area contributed by atoms with Gasteiger partial charge in [-0.25, -0.2) is 13.6 Å². The quantitative estimate of drug-likeness (QED) is 0.680. The van der Waals surface area contributed by atoms with Crippen LogP contribution in [0.1, 0.15) is 6.42 Å². The van der Waals surface area contributed by atoms with Gasteiger partial charge in [0.2, 0.25) is 0 Å². The number of carbonyl (C=O) groups is 1. The number of benzene rings is 1. The molecule has 1 aliphatic rings. The zero-order valence-corrected chi connectivity index (χ0v) is 12.2. The maximum atomic E-state index is 14.0. The van der Waals surface area contributed by atoms with Gasteiger partial charge in [0.15, 0.2) is 11.6 Å². The first-order valence-corrected chi connectivity index (χ1v) is 6.65. The summed E-state index contributed by atoms with van der Waals surface area (Å²) >= 11 is 0. The first-order valence-electron chi connectivity index (χ1n) is 6.65. The number of amides is 2. The number of nitrogens with zero attached hydrogens (tertiary/aromatic N) is 3. The number of hydrogen-bond acceptors (Lipinski definition) is 4. The molecule has 1 unspecified atom stereocenters. The number of nitro groups is 1. The molecule has 120 valence electrons. The van der Waals surface area contributed by atoms with Crippen LogP contribution >= 0.6 is 0 Å². The number of non-ortho nitro benzene ring substituents is 1. The van der Waals surface area contributed by atoms with Gasteiger partial charge < -0.3 is 15.1 Å². The van der Waals surface area contributed by atoms with Gasteiger partial charge in [-0.3, -0.25) is 10.1 Å². The molecule has 0 spiro atoms. The van der Waals surface area contributed by atoms with Crippen molar-refractivity contribution in [2.75, 3.05) is 32.1 Å². The molecule has 2 rings (SSSR count). The Balaban J connectivity index is 2.14. The van der Waals surface area contributed by atoms with Gasteiger partial charge in [-0.1, -0.05) is 0 Å². The van der Waals surface area contributed by atoms with E-state index in [-0.39, 0.29) is 24.3 Å². The van der Waals surface area contributed by atoms with E-state index < -0.39 is 22.2 Å². The number of anilines is 1. The second-order valence-corrected chi connectivity index (χ2v) is 5.29. The molecule has 1 atom stereocenters. The maximum absolute atomic E-state index is 14.0. The average molecular weight is 314 g/mol. The fourth-order valence-electron chi connectivity index (χ4n) is 2.34. The summed E-state index contributed by atoms with van der Waals surface area (Å²) in [6.07, 6.45) is 0.537. The highest BCUT2D eigenvalue weighted by Crippen LogP contribution is 2.30. The van der Waals surface area contributed by atoms with Crippen LogP contribution in [0.3, 0.4) is 0 Å². The smallest absolute Gasteiger partial charge is 0.317 e. The summed E-state index contributed by atoms with van der Waals surface area (Å²) < 4.78 is 27.9. The van der Waals surface area contributed by atoms with E-state index in [1.165, 1.54) is 9.80 Å². The highest BCUT2D eigenvalue weighted by molar-refractivity contribution is 5.74. The van der Waals surface area contributed by atoms with Gasteiger partial charge in [-0.2, -0.15) is 0 Å². The van der Waals surface area contributed by atoms with Gasteiger partial charge in [0, 0.05) is 33.2 Å². The summed E-state index contributed by atoms with van der Waals surface area (Å²) in [6, 6.07) is 0.884. The normalized spacial score (nSPS) is 17.5. The van der Waals surface area contributed by atoms with Crippen LogP contribution in [0.5, 0.6) is 0 Å². The van der Waals surface area contributed by atoms with Crippen molar-refractivity contribution in [1.82, 2.24) is 10.2 Å². The van der Waals surface area contributed by atoms with E-state index in [9.17, 15) is 23.7 Å². The Morgan fingerprint density at radius 3 is 2.50 bits per heavy atom. The molecule has 1 aliphatic heterocycles. The monoisotopic (exact) mass is 314 g/mol. The molecule has 0 bridgehead atoms. The number of rotatable bonds is 3. The lowest BCUT2D eigenvalue weighted by Gasteiger charge is -2.21. The summed E-state index contributed by atoms with van der Waals surface area (Å²) in [7, 11) is 3.19.